The van der Waals surface area contributed by atoms with Crippen LogP contribution >= 0.6 is 0 Å². The number of aryl methyl sites for hydroxylation is 1. The molecule has 2 heterocycles. The fourth-order valence-corrected chi connectivity index (χ4v) is 4.16. The van der Waals surface area contributed by atoms with Crippen LogP contribution in [0.3, 0.4) is 0 Å². The zero-order valence-electron chi connectivity index (χ0n) is 11.6. The number of nitrogens with zero attached hydrogens (tertiary/aromatic N) is 3. The first-order valence-electron chi connectivity index (χ1n) is 6.58. The largest absolute Gasteiger partial charge is 0.480 e. The zero-order chi connectivity index (χ0) is 15.6. The third kappa shape index (κ3) is 3.41. The van der Waals surface area contributed by atoms with Crippen molar-refractivity contribution in [3.05, 3.63) is 22.7 Å². The molecule has 1 fully saturated rings. The van der Waals surface area contributed by atoms with Gasteiger partial charge in [0.15, 0.2) is 15.7 Å². The van der Waals surface area contributed by atoms with Crippen molar-refractivity contribution in [2.75, 3.05) is 23.0 Å². The van der Waals surface area contributed by atoms with Gasteiger partial charge in [0.25, 0.3) is 5.56 Å². The minimum Gasteiger partial charge on any atom is -0.480 e. The minimum absolute atomic E-state index is 0.00257. The van der Waals surface area contributed by atoms with Gasteiger partial charge in [0, 0.05) is 25.0 Å². The monoisotopic (exact) mass is 315 g/mol. The Hall–Kier alpha value is -1.90. The molecular formula is C12H17N3O5S. The van der Waals surface area contributed by atoms with Gasteiger partial charge in [-0.15, -0.1) is 0 Å². The molecule has 0 amide bonds. The Morgan fingerprint density at radius 3 is 2.81 bits per heavy atom. The van der Waals surface area contributed by atoms with Gasteiger partial charge >= 0.3 is 5.97 Å². The summed E-state index contributed by atoms with van der Waals surface area (Å²) in [5.41, 5.74) is -0.412. The summed E-state index contributed by atoms with van der Waals surface area (Å²) in [6.07, 6.45) is 3.23. The van der Waals surface area contributed by atoms with Crippen LogP contribution in [0, 0.1) is 0 Å². The van der Waals surface area contributed by atoms with Crippen molar-refractivity contribution in [3.8, 4) is 0 Å². The smallest absolute Gasteiger partial charge is 0.323 e. The molecule has 1 unspecified atom stereocenters. The van der Waals surface area contributed by atoms with Crippen LogP contribution in [0.15, 0.2) is 17.2 Å². The van der Waals surface area contributed by atoms with Crippen LogP contribution in [-0.4, -0.2) is 53.1 Å². The molecule has 1 aromatic heterocycles. The predicted octanol–water partition coefficient (Wildman–Crippen LogP) is -0.659. The summed E-state index contributed by atoms with van der Waals surface area (Å²) >= 11 is 0. The maximum Gasteiger partial charge on any atom is 0.323 e. The molecule has 1 atom stereocenters. The molecule has 0 aliphatic carbocycles. The first-order chi connectivity index (χ1) is 9.84. The summed E-state index contributed by atoms with van der Waals surface area (Å²) < 4.78 is 24.6. The van der Waals surface area contributed by atoms with E-state index in [4.69, 9.17) is 5.11 Å². The fraction of sp³-hybridized carbons (Fsp3) is 0.583. The first kappa shape index (κ1) is 15.5. The van der Waals surface area contributed by atoms with E-state index in [1.165, 1.54) is 21.9 Å². The normalized spacial score (nSPS) is 20.3. The Morgan fingerprint density at radius 1 is 1.57 bits per heavy atom. The number of sulfone groups is 1. The third-order valence-corrected chi connectivity index (χ3v) is 5.21. The first-order valence-corrected chi connectivity index (χ1v) is 8.40. The van der Waals surface area contributed by atoms with Crippen molar-refractivity contribution >= 4 is 21.6 Å². The quantitative estimate of drug-likeness (QED) is 0.768. The van der Waals surface area contributed by atoms with Gasteiger partial charge in [0.05, 0.1) is 11.5 Å². The van der Waals surface area contributed by atoms with Crippen LogP contribution in [0.2, 0.25) is 0 Å². The number of carboxylic acids is 1. The number of carbonyl (C=O) groups is 1. The summed E-state index contributed by atoms with van der Waals surface area (Å²) in [5.74, 6) is -1.29. The molecule has 8 nitrogen and oxygen atoms in total. The predicted molar refractivity (Wildman–Crippen MR) is 76.2 cm³/mol. The molecular weight excluding hydrogens is 298 g/mol. The SMILES string of the molecule is CCn1ccnc(N(CC(=O)O)C2CCS(=O)(=O)C2)c1=O. The summed E-state index contributed by atoms with van der Waals surface area (Å²) in [7, 11) is -3.18. The molecule has 116 valence electrons. The van der Waals surface area contributed by atoms with E-state index in [1.807, 2.05) is 0 Å². The van der Waals surface area contributed by atoms with Crippen LogP contribution in [0.4, 0.5) is 5.82 Å². The van der Waals surface area contributed by atoms with Crippen molar-refractivity contribution in [2.45, 2.75) is 25.9 Å². The van der Waals surface area contributed by atoms with E-state index in [9.17, 15) is 18.0 Å². The molecule has 0 spiro atoms. The Balaban J connectivity index is 2.42. The van der Waals surface area contributed by atoms with Gasteiger partial charge in [-0.25, -0.2) is 13.4 Å². The van der Waals surface area contributed by atoms with Gasteiger partial charge in [-0.3, -0.25) is 9.59 Å². The summed E-state index contributed by atoms with van der Waals surface area (Å²) in [6.45, 7) is 1.77. The van der Waals surface area contributed by atoms with E-state index < -0.39 is 34.0 Å². The molecule has 1 N–H and O–H groups in total. The van der Waals surface area contributed by atoms with Crippen LogP contribution in [0.25, 0.3) is 0 Å². The molecule has 0 aromatic carbocycles. The number of rotatable bonds is 5. The molecule has 1 aliphatic heterocycles. The fourth-order valence-electron chi connectivity index (χ4n) is 2.43. The highest BCUT2D eigenvalue weighted by Gasteiger charge is 2.35. The third-order valence-electron chi connectivity index (χ3n) is 3.46. The molecule has 2 rings (SSSR count). The van der Waals surface area contributed by atoms with Crippen molar-refractivity contribution in [2.24, 2.45) is 0 Å². The van der Waals surface area contributed by atoms with Crippen LogP contribution in [0.5, 0.6) is 0 Å². The summed E-state index contributed by atoms with van der Waals surface area (Å²) in [4.78, 5) is 28.6. The van der Waals surface area contributed by atoms with E-state index in [0.29, 0.717) is 13.0 Å². The Bertz CT molecular complexity index is 697. The average Bonchev–Trinajstić information content (AvgIpc) is 2.76. The lowest BCUT2D eigenvalue weighted by atomic mass is 10.2. The standard InChI is InChI=1S/C12H17N3O5S/c1-2-14-5-4-13-11(12(14)18)15(7-10(16)17)9-3-6-21(19,20)8-9/h4-5,9H,2-3,6-8H2,1H3,(H,16,17). The molecule has 1 aromatic rings. The Labute approximate surface area is 121 Å². The Kier molecular flexibility index (Phi) is 4.31. The van der Waals surface area contributed by atoms with E-state index in [0.717, 1.165) is 0 Å². The topological polar surface area (TPSA) is 110 Å². The highest BCUT2D eigenvalue weighted by molar-refractivity contribution is 7.91. The van der Waals surface area contributed by atoms with E-state index >= 15 is 0 Å². The van der Waals surface area contributed by atoms with Crippen LogP contribution < -0.4 is 10.5 Å². The number of hydrogen-bond donors (Lipinski definition) is 1. The summed E-state index contributed by atoms with van der Waals surface area (Å²) in [5, 5.41) is 9.03. The lowest BCUT2D eigenvalue weighted by molar-refractivity contribution is -0.135. The molecule has 9 heteroatoms. The van der Waals surface area contributed by atoms with E-state index in [1.54, 1.807) is 6.92 Å². The van der Waals surface area contributed by atoms with Gasteiger partial charge in [0.1, 0.15) is 6.54 Å². The number of hydrogen-bond acceptors (Lipinski definition) is 6. The number of aromatic nitrogens is 2. The van der Waals surface area contributed by atoms with Crippen LogP contribution in [0.1, 0.15) is 13.3 Å². The lowest BCUT2D eigenvalue weighted by Gasteiger charge is -2.27. The number of anilines is 1. The summed E-state index contributed by atoms with van der Waals surface area (Å²) in [6, 6.07) is -0.529. The second-order valence-corrected chi connectivity index (χ2v) is 7.15. The molecule has 0 bridgehead atoms. The van der Waals surface area contributed by atoms with Crippen LogP contribution in [-0.2, 0) is 21.2 Å². The van der Waals surface area contributed by atoms with Gasteiger partial charge in [-0.05, 0) is 13.3 Å². The van der Waals surface area contributed by atoms with Gasteiger partial charge in [0.2, 0.25) is 0 Å². The number of carboxylic acid groups (broad SMARTS) is 1. The highest BCUT2D eigenvalue weighted by atomic mass is 32.2. The van der Waals surface area contributed by atoms with E-state index in [2.05, 4.69) is 4.98 Å². The van der Waals surface area contributed by atoms with Crippen molar-refractivity contribution in [3.63, 3.8) is 0 Å². The van der Waals surface area contributed by atoms with E-state index in [-0.39, 0.29) is 17.3 Å². The van der Waals surface area contributed by atoms with Crippen molar-refractivity contribution < 1.29 is 18.3 Å². The minimum atomic E-state index is -3.18. The lowest BCUT2D eigenvalue weighted by Crippen LogP contribution is -2.44. The second-order valence-electron chi connectivity index (χ2n) is 4.92. The average molecular weight is 315 g/mol. The molecule has 1 saturated heterocycles. The molecule has 0 saturated carbocycles. The maximum atomic E-state index is 12.3. The van der Waals surface area contributed by atoms with Crippen molar-refractivity contribution in [1.29, 1.82) is 0 Å². The molecule has 21 heavy (non-hydrogen) atoms. The zero-order valence-corrected chi connectivity index (χ0v) is 12.4. The number of aliphatic carboxylic acids is 1. The van der Waals surface area contributed by atoms with Gasteiger partial charge in [-0.1, -0.05) is 0 Å². The molecule has 0 radical (unpaired) electrons. The molecule has 1 aliphatic rings. The van der Waals surface area contributed by atoms with Gasteiger partial charge < -0.3 is 14.6 Å². The second kappa shape index (κ2) is 5.84. The highest BCUT2D eigenvalue weighted by Crippen LogP contribution is 2.20. The Morgan fingerprint density at radius 2 is 2.29 bits per heavy atom. The van der Waals surface area contributed by atoms with Gasteiger partial charge in [-0.2, -0.15) is 0 Å². The van der Waals surface area contributed by atoms with Crippen molar-refractivity contribution in [1.82, 2.24) is 9.55 Å². The maximum absolute atomic E-state index is 12.3.